The Balaban J connectivity index is 2.29. The van der Waals surface area contributed by atoms with Crippen molar-refractivity contribution >= 4 is 0 Å². The highest BCUT2D eigenvalue weighted by Gasteiger charge is 2.22. The van der Waals surface area contributed by atoms with Crippen molar-refractivity contribution < 1.29 is 10.2 Å². The van der Waals surface area contributed by atoms with Crippen molar-refractivity contribution in [3.8, 4) is 5.75 Å². The van der Waals surface area contributed by atoms with Crippen molar-refractivity contribution in [1.29, 1.82) is 0 Å². The molecule has 0 heterocycles. The van der Waals surface area contributed by atoms with Crippen LogP contribution >= 0.6 is 0 Å². The molecule has 0 radical (unpaired) electrons. The van der Waals surface area contributed by atoms with E-state index in [0.717, 1.165) is 19.3 Å². The predicted octanol–water partition coefficient (Wildman–Crippen LogP) is 3.10. The molecule has 3 nitrogen and oxygen atoms in total. The van der Waals surface area contributed by atoms with Gasteiger partial charge in [-0.2, -0.15) is 0 Å². The number of hydrogen-bond acceptors (Lipinski definition) is 3. The number of aliphatic hydroxyl groups is 1. The average molecular weight is 279 g/mol. The molecular formula is C17H29NO2. The van der Waals surface area contributed by atoms with Crippen LogP contribution in [-0.4, -0.2) is 28.4 Å². The van der Waals surface area contributed by atoms with Gasteiger partial charge in [0, 0.05) is 12.6 Å². The number of aryl methyl sites for hydroxylation is 1. The molecule has 0 aromatic heterocycles. The molecular weight excluding hydrogens is 250 g/mol. The highest BCUT2D eigenvalue weighted by atomic mass is 16.3. The number of hydrogen-bond donors (Lipinski definition) is 3. The Morgan fingerprint density at radius 1 is 1.15 bits per heavy atom. The van der Waals surface area contributed by atoms with Gasteiger partial charge in [0.1, 0.15) is 5.75 Å². The number of benzene rings is 1. The highest BCUT2D eigenvalue weighted by Crippen LogP contribution is 2.16. The van der Waals surface area contributed by atoms with Crippen LogP contribution in [0.2, 0.25) is 0 Å². The molecule has 1 aromatic carbocycles. The van der Waals surface area contributed by atoms with Gasteiger partial charge in [0.2, 0.25) is 0 Å². The van der Waals surface area contributed by atoms with E-state index in [0.29, 0.717) is 24.3 Å². The van der Waals surface area contributed by atoms with Crippen molar-refractivity contribution in [2.75, 3.05) is 6.54 Å². The number of nitrogens with one attached hydrogen (secondary N) is 1. The Morgan fingerprint density at radius 3 is 2.30 bits per heavy atom. The first-order valence-electron chi connectivity index (χ1n) is 7.52. The molecule has 1 rings (SSSR count). The zero-order chi connectivity index (χ0) is 15.2. The van der Waals surface area contributed by atoms with Crippen molar-refractivity contribution in [2.45, 2.75) is 58.6 Å². The van der Waals surface area contributed by atoms with Crippen LogP contribution < -0.4 is 5.32 Å². The Kier molecular flexibility index (Phi) is 6.50. The molecule has 3 heteroatoms. The van der Waals surface area contributed by atoms with E-state index in [9.17, 15) is 10.2 Å². The number of aromatic hydroxyl groups is 1. The van der Waals surface area contributed by atoms with Gasteiger partial charge in [-0.05, 0) is 56.7 Å². The van der Waals surface area contributed by atoms with Crippen LogP contribution in [0, 0.1) is 5.92 Å². The maximum atomic E-state index is 10.3. The molecule has 2 atom stereocenters. The zero-order valence-corrected chi connectivity index (χ0v) is 13.2. The SMILES string of the molecule is CC(C)CC(C)(O)CNC(C)CCc1ccc(O)cc1. The highest BCUT2D eigenvalue weighted by molar-refractivity contribution is 5.25. The molecule has 0 saturated carbocycles. The molecule has 0 spiro atoms. The second kappa shape index (κ2) is 7.65. The van der Waals surface area contributed by atoms with E-state index in [-0.39, 0.29) is 0 Å². The Labute approximate surface area is 123 Å². The predicted molar refractivity (Wildman–Crippen MR) is 84.0 cm³/mol. The summed E-state index contributed by atoms with van der Waals surface area (Å²) < 4.78 is 0. The van der Waals surface area contributed by atoms with E-state index in [2.05, 4.69) is 26.1 Å². The number of phenolic OH excluding ortho intramolecular Hbond substituents is 1. The third-order valence-corrected chi connectivity index (χ3v) is 3.48. The molecule has 0 aliphatic carbocycles. The number of rotatable bonds is 8. The lowest BCUT2D eigenvalue weighted by Crippen LogP contribution is -2.42. The zero-order valence-electron chi connectivity index (χ0n) is 13.2. The van der Waals surface area contributed by atoms with Gasteiger partial charge in [-0.3, -0.25) is 0 Å². The Bertz CT molecular complexity index is 384. The molecule has 0 saturated heterocycles. The van der Waals surface area contributed by atoms with Crippen molar-refractivity contribution in [1.82, 2.24) is 5.32 Å². The van der Waals surface area contributed by atoms with Crippen LogP contribution in [0.15, 0.2) is 24.3 Å². The van der Waals surface area contributed by atoms with Crippen LogP contribution in [-0.2, 0) is 6.42 Å². The van der Waals surface area contributed by atoms with Gasteiger partial charge in [0.05, 0.1) is 5.60 Å². The van der Waals surface area contributed by atoms with Crippen LogP contribution in [0.25, 0.3) is 0 Å². The maximum absolute atomic E-state index is 10.3. The maximum Gasteiger partial charge on any atom is 0.115 e. The fraction of sp³-hybridized carbons (Fsp3) is 0.647. The molecule has 2 unspecified atom stereocenters. The average Bonchev–Trinajstić information content (AvgIpc) is 2.34. The van der Waals surface area contributed by atoms with E-state index in [4.69, 9.17) is 0 Å². The molecule has 0 bridgehead atoms. The van der Waals surface area contributed by atoms with Crippen LogP contribution in [0.5, 0.6) is 5.75 Å². The normalized spacial score (nSPS) is 16.1. The second-order valence-electron chi connectivity index (χ2n) is 6.58. The monoisotopic (exact) mass is 279 g/mol. The van der Waals surface area contributed by atoms with Gasteiger partial charge in [-0.15, -0.1) is 0 Å². The summed E-state index contributed by atoms with van der Waals surface area (Å²) in [6.07, 6.45) is 2.80. The van der Waals surface area contributed by atoms with Crippen molar-refractivity contribution in [3.05, 3.63) is 29.8 Å². The minimum Gasteiger partial charge on any atom is -0.508 e. The van der Waals surface area contributed by atoms with Gasteiger partial charge in [-0.25, -0.2) is 0 Å². The fourth-order valence-corrected chi connectivity index (χ4v) is 2.49. The summed E-state index contributed by atoms with van der Waals surface area (Å²) >= 11 is 0. The van der Waals surface area contributed by atoms with Gasteiger partial charge in [-0.1, -0.05) is 26.0 Å². The summed E-state index contributed by atoms with van der Waals surface area (Å²) in [5, 5.41) is 22.9. The first-order valence-corrected chi connectivity index (χ1v) is 7.52. The van der Waals surface area contributed by atoms with Gasteiger partial charge < -0.3 is 15.5 Å². The minimum atomic E-state index is -0.638. The van der Waals surface area contributed by atoms with E-state index >= 15 is 0 Å². The summed E-state index contributed by atoms with van der Waals surface area (Å²) in [6, 6.07) is 7.72. The summed E-state index contributed by atoms with van der Waals surface area (Å²) in [7, 11) is 0. The Morgan fingerprint density at radius 2 is 1.75 bits per heavy atom. The van der Waals surface area contributed by atoms with Crippen LogP contribution in [0.1, 0.15) is 46.1 Å². The van der Waals surface area contributed by atoms with Crippen LogP contribution in [0.3, 0.4) is 0 Å². The number of phenols is 1. The molecule has 0 fully saturated rings. The van der Waals surface area contributed by atoms with Gasteiger partial charge in [0.25, 0.3) is 0 Å². The van der Waals surface area contributed by atoms with E-state index in [1.54, 1.807) is 12.1 Å². The van der Waals surface area contributed by atoms with Crippen molar-refractivity contribution in [2.24, 2.45) is 5.92 Å². The molecule has 0 aliphatic heterocycles. The quantitative estimate of drug-likeness (QED) is 0.685. The molecule has 0 amide bonds. The first kappa shape index (κ1) is 17.0. The lowest BCUT2D eigenvalue weighted by molar-refractivity contribution is 0.0361. The van der Waals surface area contributed by atoms with Crippen molar-refractivity contribution in [3.63, 3.8) is 0 Å². The topological polar surface area (TPSA) is 52.5 Å². The molecule has 0 aliphatic rings. The summed E-state index contributed by atoms with van der Waals surface area (Å²) in [4.78, 5) is 0. The summed E-state index contributed by atoms with van der Waals surface area (Å²) in [6.45, 7) is 8.92. The molecule has 114 valence electrons. The molecule has 3 N–H and O–H groups in total. The van der Waals surface area contributed by atoms with E-state index < -0.39 is 5.60 Å². The Hall–Kier alpha value is -1.06. The minimum absolute atomic E-state index is 0.310. The first-order chi connectivity index (χ1) is 9.28. The third-order valence-electron chi connectivity index (χ3n) is 3.48. The molecule has 20 heavy (non-hydrogen) atoms. The van der Waals surface area contributed by atoms with E-state index in [1.807, 2.05) is 19.1 Å². The molecule has 1 aromatic rings. The largest absolute Gasteiger partial charge is 0.508 e. The smallest absolute Gasteiger partial charge is 0.115 e. The lowest BCUT2D eigenvalue weighted by Gasteiger charge is -2.27. The third kappa shape index (κ3) is 6.92. The second-order valence-corrected chi connectivity index (χ2v) is 6.58. The standard InChI is InChI=1S/C17H29NO2/c1-13(2)11-17(4,20)12-18-14(3)5-6-15-7-9-16(19)10-8-15/h7-10,13-14,18-20H,5-6,11-12H2,1-4H3. The van der Waals surface area contributed by atoms with Gasteiger partial charge >= 0.3 is 0 Å². The van der Waals surface area contributed by atoms with Crippen LogP contribution in [0.4, 0.5) is 0 Å². The summed E-state index contributed by atoms with van der Waals surface area (Å²) in [5.41, 5.74) is 0.589. The summed E-state index contributed by atoms with van der Waals surface area (Å²) in [5.74, 6) is 0.809. The van der Waals surface area contributed by atoms with Gasteiger partial charge in [0.15, 0.2) is 0 Å². The van der Waals surface area contributed by atoms with E-state index in [1.165, 1.54) is 5.56 Å². The lowest BCUT2D eigenvalue weighted by atomic mass is 9.94. The fourth-order valence-electron chi connectivity index (χ4n) is 2.49.